The minimum absolute atomic E-state index is 0.0232. The molecule has 1 aromatic rings. The number of benzene rings is 1. The lowest BCUT2D eigenvalue weighted by molar-refractivity contribution is 0.229. The summed E-state index contributed by atoms with van der Waals surface area (Å²) in [5.41, 5.74) is 0.451. The van der Waals surface area contributed by atoms with Gasteiger partial charge in [-0.15, -0.1) is 9.42 Å². The molecule has 4 nitrogen and oxygen atoms in total. The molecule has 1 aromatic carbocycles. The molecule has 2 rings (SSSR count). The van der Waals surface area contributed by atoms with Crippen molar-refractivity contribution in [2.45, 2.75) is 70.6 Å². The summed E-state index contributed by atoms with van der Waals surface area (Å²) in [6, 6.07) is 3.12. The van der Waals surface area contributed by atoms with Gasteiger partial charge in [0.2, 0.25) is 5.82 Å². The van der Waals surface area contributed by atoms with E-state index in [1.807, 2.05) is 0 Å². The topological polar surface area (TPSA) is 55.8 Å². The Hall–Kier alpha value is -1.10. The van der Waals surface area contributed by atoms with Gasteiger partial charge in [0.1, 0.15) is 6.61 Å². The number of rotatable bonds is 11. The van der Waals surface area contributed by atoms with Crippen LogP contribution in [0.4, 0.5) is 8.78 Å². The van der Waals surface area contributed by atoms with Crippen LogP contribution in [-0.4, -0.2) is 18.1 Å². The van der Waals surface area contributed by atoms with E-state index in [1.165, 1.54) is 31.7 Å². The summed E-state index contributed by atoms with van der Waals surface area (Å²) < 4.78 is 49.0. The lowest BCUT2D eigenvalue weighted by Crippen LogP contribution is -2.15. The Balaban J connectivity index is 1.84. The molecule has 1 aliphatic rings. The average molecular weight is 403 g/mol. The highest BCUT2D eigenvalue weighted by Gasteiger charge is 2.26. The molecule has 1 fully saturated rings. The van der Waals surface area contributed by atoms with Crippen LogP contribution in [0.2, 0.25) is 0 Å². The van der Waals surface area contributed by atoms with Gasteiger partial charge in [0.05, 0.1) is 6.61 Å². The van der Waals surface area contributed by atoms with E-state index in [0.717, 1.165) is 31.6 Å². The molecule has 0 radical (unpaired) electrons. The van der Waals surface area contributed by atoms with E-state index in [1.54, 1.807) is 6.07 Å². The fourth-order valence-corrected chi connectivity index (χ4v) is 4.09. The maximum absolute atomic E-state index is 14.5. The molecule has 0 bridgehead atoms. The molecule has 0 aliphatic heterocycles. The van der Waals surface area contributed by atoms with Gasteiger partial charge >= 0.3 is 8.25 Å². The van der Waals surface area contributed by atoms with Gasteiger partial charge in [-0.3, -0.25) is 0 Å². The Labute approximate surface area is 161 Å². The molecule has 0 spiro atoms. The van der Waals surface area contributed by atoms with E-state index in [9.17, 15) is 13.3 Å². The van der Waals surface area contributed by atoms with Crippen molar-refractivity contribution in [3.05, 3.63) is 29.3 Å². The van der Waals surface area contributed by atoms with Crippen LogP contribution >= 0.6 is 8.25 Å². The lowest BCUT2D eigenvalue weighted by Gasteiger charge is -2.29. The Morgan fingerprint density at radius 3 is 2.48 bits per heavy atom. The number of hydrogen-bond acceptors (Lipinski definition) is 3. The van der Waals surface area contributed by atoms with Gasteiger partial charge in [0.25, 0.3) is 0 Å². The summed E-state index contributed by atoms with van der Waals surface area (Å²) in [4.78, 5) is 8.51. The maximum atomic E-state index is 14.5. The van der Waals surface area contributed by atoms with Crippen LogP contribution in [0.15, 0.2) is 12.1 Å². The van der Waals surface area contributed by atoms with Gasteiger partial charge in [-0.05, 0) is 49.1 Å². The molecule has 0 heterocycles. The number of unbranched alkanes of at least 4 members (excludes halogenated alkanes) is 2. The summed E-state index contributed by atoms with van der Waals surface area (Å²) in [5, 5.41) is 0. The highest BCUT2D eigenvalue weighted by molar-refractivity contribution is 7.32. The SMILES string of the molecule is CCCCCC1CCC(c2ccc(OCCCO[P+](=O)O)c(F)c2F)CC1. The van der Waals surface area contributed by atoms with Gasteiger partial charge in [-0.2, -0.15) is 4.39 Å². The first-order valence-corrected chi connectivity index (χ1v) is 11.1. The van der Waals surface area contributed by atoms with Crippen molar-refractivity contribution in [2.75, 3.05) is 13.2 Å². The fraction of sp³-hybridized carbons (Fsp3) is 0.700. The molecular formula is C20H30F2O4P+. The van der Waals surface area contributed by atoms with Gasteiger partial charge in [0.15, 0.2) is 11.6 Å². The zero-order valence-electron chi connectivity index (χ0n) is 16.0. The molecule has 1 aliphatic carbocycles. The Kier molecular flexibility index (Phi) is 9.60. The lowest BCUT2D eigenvalue weighted by atomic mass is 9.77. The van der Waals surface area contributed by atoms with E-state index < -0.39 is 19.9 Å². The normalized spacial score (nSPS) is 20.5. The largest absolute Gasteiger partial charge is 0.694 e. The Morgan fingerprint density at radius 2 is 1.81 bits per heavy atom. The first-order chi connectivity index (χ1) is 13.0. The first-order valence-electron chi connectivity index (χ1n) is 9.92. The van der Waals surface area contributed by atoms with E-state index in [2.05, 4.69) is 11.4 Å². The van der Waals surface area contributed by atoms with E-state index in [-0.39, 0.29) is 24.9 Å². The highest BCUT2D eigenvalue weighted by atomic mass is 31.1. The molecular weight excluding hydrogens is 373 g/mol. The fourth-order valence-electron chi connectivity index (χ4n) is 3.80. The Morgan fingerprint density at radius 1 is 1.07 bits per heavy atom. The monoisotopic (exact) mass is 403 g/mol. The van der Waals surface area contributed by atoms with Crippen molar-refractivity contribution in [3.8, 4) is 5.75 Å². The van der Waals surface area contributed by atoms with Crippen LogP contribution < -0.4 is 4.74 Å². The molecule has 7 heteroatoms. The summed E-state index contributed by atoms with van der Waals surface area (Å²) in [6.45, 7) is 2.31. The van der Waals surface area contributed by atoms with Crippen molar-refractivity contribution in [3.63, 3.8) is 0 Å². The van der Waals surface area contributed by atoms with Gasteiger partial charge in [0, 0.05) is 11.0 Å². The molecule has 0 saturated heterocycles. The second-order valence-electron chi connectivity index (χ2n) is 7.27. The second kappa shape index (κ2) is 11.7. The van der Waals surface area contributed by atoms with Crippen LogP contribution in [0, 0.1) is 17.6 Å². The number of hydrogen-bond donors (Lipinski definition) is 1. The maximum Gasteiger partial charge on any atom is 0.694 e. The van der Waals surface area contributed by atoms with Crippen LogP contribution in [0.25, 0.3) is 0 Å². The molecule has 1 saturated carbocycles. The minimum Gasteiger partial charge on any atom is -0.490 e. The molecule has 1 N–H and O–H groups in total. The zero-order valence-corrected chi connectivity index (χ0v) is 16.9. The highest BCUT2D eigenvalue weighted by Crippen LogP contribution is 2.40. The van der Waals surface area contributed by atoms with Gasteiger partial charge in [-0.25, -0.2) is 4.39 Å². The molecule has 27 heavy (non-hydrogen) atoms. The average Bonchev–Trinajstić information content (AvgIpc) is 2.65. The summed E-state index contributed by atoms with van der Waals surface area (Å²) in [7, 11) is -2.64. The van der Waals surface area contributed by atoms with Crippen molar-refractivity contribution < 1.29 is 27.5 Å². The Bertz CT molecular complexity index is 604. The second-order valence-corrected chi connectivity index (χ2v) is 8.00. The first kappa shape index (κ1) is 22.2. The van der Waals surface area contributed by atoms with E-state index in [4.69, 9.17) is 9.63 Å². The van der Waals surface area contributed by atoms with Gasteiger partial charge in [-0.1, -0.05) is 38.7 Å². The number of halogens is 2. The van der Waals surface area contributed by atoms with E-state index in [0.29, 0.717) is 12.0 Å². The standard InChI is InChI=1S/C20H29F2O4P/c1-2-3-4-6-15-7-9-16(10-8-15)17-11-12-18(20(22)19(17)21)25-13-5-14-26-27(23)24/h11-12,15-16H,2-10,13-14H2,1H3/p+1. The quantitative estimate of drug-likeness (QED) is 0.350. The third-order valence-corrected chi connectivity index (χ3v) is 5.73. The van der Waals surface area contributed by atoms with Gasteiger partial charge < -0.3 is 4.74 Å². The predicted octanol–water partition coefficient (Wildman–Crippen LogP) is 6.25. The van der Waals surface area contributed by atoms with Crippen LogP contribution in [-0.2, 0) is 9.09 Å². The summed E-state index contributed by atoms with van der Waals surface area (Å²) in [5.74, 6) is -1.09. The predicted molar refractivity (Wildman–Crippen MR) is 101 cm³/mol. The molecule has 1 unspecified atom stereocenters. The molecule has 0 amide bonds. The molecule has 1 atom stereocenters. The zero-order chi connectivity index (χ0) is 19.6. The summed E-state index contributed by atoms with van der Waals surface area (Å²) >= 11 is 0. The third-order valence-electron chi connectivity index (χ3n) is 5.33. The smallest absolute Gasteiger partial charge is 0.490 e. The minimum atomic E-state index is -2.64. The number of ether oxygens (including phenoxy) is 1. The molecule has 0 aromatic heterocycles. The van der Waals surface area contributed by atoms with Crippen LogP contribution in [0.5, 0.6) is 5.75 Å². The summed E-state index contributed by atoms with van der Waals surface area (Å²) in [6.07, 6.45) is 9.30. The van der Waals surface area contributed by atoms with E-state index >= 15 is 0 Å². The van der Waals surface area contributed by atoms with Crippen molar-refractivity contribution in [1.82, 2.24) is 0 Å². The van der Waals surface area contributed by atoms with Crippen molar-refractivity contribution >= 4 is 8.25 Å². The van der Waals surface area contributed by atoms with Crippen LogP contribution in [0.3, 0.4) is 0 Å². The van der Waals surface area contributed by atoms with Crippen molar-refractivity contribution in [2.24, 2.45) is 5.92 Å². The van der Waals surface area contributed by atoms with Crippen LogP contribution in [0.1, 0.15) is 76.2 Å². The molecule has 152 valence electrons. The third kappa shape index (κ3) is 7.10. The van der Waals surface area contributed by atoms with Crippen molar-refractivity contribution in [1.29, 1.82) is 0 Å².